The first kappa shape index (κ1) is 64.7. The van der Waals surface area contributed by atoms with Crippen molar-refractivity contribution in [1.82, 2.24) is 29.9 Å². The van der Waals surface area contributed by atoms with Crippen LogP contribution >= 0.6 is 0 Å². The van der Waals surface area contributed by atoms with Gasteiger partial charge in [-0.2, -0.15) is 29.9 Å². The van der Waals surface area contributed by atoms with Gasteiger partial charge in [-0.1, -0.05) is 231 Å². The molecule has 0 fully saturated rings. The summed E-state index contributed by atoms with van der Waals surface area (Å²) in [5, 5.41) is 0. The minimum atomic E-state index is -0.882. The number of benzene rings is 2. The Kier molecular flexibility index (Phi) is 31.0. The van der Waals surface area contributed by atoms with Gasteiger partial charge in [0.2, 0.25) is 35.7 Å². The lowest BCUT2D eigenvalue weighted by Gasteiger charge is -2.22. The highest BCUT2D eigenvalue weighted by Crippen LogP contribution is 2.29. The number of amides is 8. The van der Waals surface area contributed by atoms with Crippen LogP contribution < -0.4 is 54.0 Å². The second-order valence-electron chi connectivity index (χ2n) is 21.0. The maximum atomic E-state index is 12.9. The predicted octanol–water partition coefficient (Wildman–Crippen LogP) is 13.5. The van der Waals surface area contributed by atoms with E-state index >= 15 is 0 Å². The molecule has 0 spiro atoms. The number of rotatable bonds is 42. The molecular weight excluding hydrogens is 997 g/mol. The maximum Gasteiger partial charge on any atom is 0.326 e. The third kappa shape index (κ3) is 24.8. The molecular formula is C59H96N16O4. The minimum absolute atomic E-state index is 0.0787. The van der Waals surface area contributed by atoms with Crippen LogP contribution in [0.1, 0.15) is 230 Å². The average Bonchev–Trinajstić information content (AvgIpc) is 3.46. The number of unbranched alkanes of at least 4 members (excludes halogenated alkanes) is 30. The number of carbonyl (C=O) groups excluding carboxylic acids is 4. The van der Waals surface area contributed by atoms with E-state index in [0.717, 1.165) is 59.5 Å². The minimum Gasteiger partial charge on any atom is -0.368 e. The van der Waals surface area contributed by atoms with Crippen molar-refractivity contribution in [3.63, 3.8) is 0 Å². The fraction of sp³-hybridized carbons (Fsp3) is 0.627. The lowest BCUT2D eigenvalue weighted by atomic mass is 10.0. The van der Waals surface area contributed by atoms with Gasteiger partial charge < -0.3 is 34.4 Å². The van der Waals surface area contributed by atoms with Gasteiger partial charge >= 0.3 is 24.1 Å². The third-order valence-electron chi connectivity index (χ3n) is 14.4. The van der Waals surface area contributed by atoms with E-state index in [4.69, 9.17) is 34.4 Å². The van der Waals surface area contributed by atoms with E-state index in [2.05, 4.69) is 43.8 Å². The predicted molar refractivity (Wildman–Crippen MR) is 321 cm³/mol. The van der Waals surface area contributed by atoms with Crippen molar-refractivity contribution in [1.29, 1.82) is 0 Å². The van der Waals surface area contributed by atoms with Crippen molar-refractivity contribution >= 4 is 71.2 Å². The summed E-state index contributed by atoms with van der Waals surface area (Å²) >= 11 is 0. The van der Waals surface area contributed by atoms with Crippen LogP contribution in [0.25, 0.3) is 0 Å². The average molecular weight is 1090 g/mol. The van der Waals surface area contributed by atoms with Crippen LogP contribution in [-0.2, 0) is 6.42 Å². The molecule has 0 aliphatic carbocycles. The number of hydrogen-bond acceptors (Lipinski definition) is 12. The van der Waals surface area contributed by atoms with Crippen molar-refractivity contribution < 1.29 is 19.2 Å². The molecule has 12 N–H and O–H groups in total. The SMILES string of the molecule is CCCCCCCCCCCCCCCCCCN(C(N)=O)c1nc(N)nc(N(C(N)=O)c2ccc(Cc3ccc(N(C(N)=O)c4nc(N)nc(N(CCCCCCCCCCCCCCCCCC)C(N)=O)n4)cc3)cc2)n1. The zero-order valence-electron chi connectivity index (χ0n) is 47.9. The smallest absolute Gasteiger partial charge is 0.326 e. The van der Waals surface area contributed by atoms with E-state index < -0.39 is 24.1 Å². The highest BCUT2D eigenvalue weighted by Gasteiger charge is 2.26. The molecule has 0 unspecified atom stereocenters. The van der Waals surface area contributed by atoms with Crippen LogP contribution in [-0.4, -0.2) is 67.1 Å². The highest BCUT2D eigenvalue weighted by atomic mass is 16.2. The van der Waals surface area contributed by atoms with Crippen molar-refractivity contribution in [2.75, 3.05) is 44.2 Å². The monoisotopic (exact) mass is 1090 g/mol. The summed E-state index contributed by atoms with van der Waals surface area (Å²) in [7, 11) is 0. The van der Waals surface area contributed by atoms with Gasteiger partial charge in [0, 0.05) is 13.1 Å². The summed E-state index contributed by atoms with van der Waals surface area (Å²) in [5.74, 6) is -0.921. The van der Waals surface area contributed by atoms with E-state index in [-0.39, 0.29) is 48.8 Å². The van der Waals surface area contributed by atoms with E-state index in [1.165, 1.54) is 164 Å². The number of nitrogens with zero attached hydrogens (tertiary/aromatic N) is 10. The van der Waals surface area contributed by atoms with Crippen molar-refractivity contribution in [2.24, 2.45) is 22.9 Å². The molecule has 79 heavy (non-hydrogen) atoms. The van der Waals surface area contributed by atoms with Gasteiger partial charge in [-0.3, -0.25) is 9.80 Å². The number of hydrogen-bond donors (Lipinski definition) is 6. The fourth-order valence-corrected chi connectivity index (χ4v) is 9.88. The molecule has 436 valence electrons. The standard InChI is InChI=1S/C59H96N16O4/c1-3-5-7-9-11-13-15-17-19-21-23-25-27-29-31-33-43-72(52(62)76)56-66-50(60)68-58(70-56)74(54(64)78)48-39-35-46(36-40-48)45-47-37-41-49(42-38-47)75(55(65)79)59-69-51(61)67-57(71-59)73(53(63)77)44-34-32-30-28-26-24-22-20-18-16-14-12-10-8-6-4-2/h35-42H,3-34,43-45H2,1-2H3,(H2,62,76)(H2,63,77)(H2,64,78)(H2,65,79)(H2,60,66,68,70)(H2,61,67,69,71). The highest BCUT2D eigenvalue weighted by molar-refractivity contribution is 5.98. The summed E-state index contributed by atoms with van der Waals surface area (Å²) in [6.07, 6.45) is 39.6. The van der Waals surface area contributed by atoms with Crippen molar-refractivity contribution in [2.45, 2.75) is 226 Å². The molecule has 2 aromatic carbocycles. The summed E-state index contributed by atoms with van der Waals surface area (Å²) in [6.45, 7) is 5.05. The summed E-state index contributed by atoms with van der Waals surface area (Å²) in [5.41, 5.74) is 38.0. The number of primary amides is 4. The molecule has 8 amide bonds. The molecule has 4 aromatic rings. The number of anilines is 8. The van der Waals surface area contributed by atoms with E-state index in [0.29, 0.717) is 30.6 Å². The molecule has 0 saturated heterocycles. The Morgan fingerprint density at radius 2 is 0.570 bits per heavy atom. The molecule has 0 aliphatic rings. The lowest BCUT2D eigenvalue weighted by Crippen LogP contribution is -2.39. The first-order valence-electron chi connectivity index (χ1n) is 29.9. The summed E-state index contributed by atoms with van der Waals surface area (Å²) in [6, 6.07) is 10.7. The number of urea groups is 4. The molecule has 0 saturated carbocycles. The van der Waals surface area contributed by atoms with Gasteiger partial charge in [0.25, 0.3) is 0 Å². The summed E-state index contributed by atoms with van der Waals surface area (Å²) in [4.78, 5) is 81.4. The Hall–Kier alpha value is -6.86. The third-order valence-corrected chi connectivity index (χ3v) is 14.4. The molecule has 2 heterocycles. The second-order valence-corrected chi connectivity index (χ2v) is 21.0. The van der Waals surface area contributed by atoms with Gasteiger partial charge in [-0.05, 0) is 54.7 Å². The number of aromatic nitrogens is 6. The Labute approximate surface area is 471 Å². The quantitative estimate of drug-likeness (QED) is 0.0226. The number of nitrogens with two attached hydrogens (primary N) is 6. The van der Waals surface area contributed by atoms with E-state index in [1.54, 1.807) is 24.3 Å². The Morgan fingerprint density at radius 1 is 0.329 bits per heavy atom. The van der Waals surface area contributed by atoms with Crippen LogP contribution in [0.5, 0.6) is 0 Å². The topological polar surface area (TPSA) is 315 Å². The van der Waals surface area contributed by atoms with Crippen molar-refractivity contribution in [3.05, 3.63) is 59.7 Å². The molecule has 0 atom stereocenters. The van der Waals surface area contributed by atoms with Gasteiger partial charge in [-0.15, -0.1) is 0 Å². The molecule has 0 bridgehead atoms. The molecule has 0 aliphatic heterocycles. The van der Waals surface area contributed by atoms with Crippen LogP contribution in [0.3, 0.4) is 0 Å². The summed E-state index contributed by atoms with van der Waals surface area (Å²) < 4.78 is 0. The van der Waals surface area contributed by atoms with E-state index in [1.807, 2.05) is 24.3 Å². The molecule has 20 heteroatoms. The van der Waals surface area contributed by atoms with Crippen LogP contribution in [0.15, 0.2) is 48.5 Å². The Bertz CT molecular complexity index is 2210. The number of nitrogen functional groups attached to an aromatic ring is 2. The van der Waals surface area contributed by atoms with Crippen molar-refractivity contribution in [3.8, 4) is 0 Å². The number of carbonyl (C=O) groups is 4. The van der Waals surface area contributed by atoms with E-state index in [9.17, 15) is 19.2 Å². The van der Waals surface area contributed by atoms with Crippen LogP contribution in [0.4, 0.5) is 66.2 Å². The normalized spacial score (nSPS) is 11.2. The zero-order chi connectivity index (χ0) is 57.0. The largest absolute Gasteiger partial charge is 0.368 e. The first-order valence-corrected chi connectivity index (χ1v) is 29.9. The molecule has 0 radical (unpaired) electrons. The van der Waals surface area contributed by atoms with Gasteiger partial charge in [-0.25, -0.2) is 29.0 Å². The Morgan fingerprint density at radius 3 is 0.810 bits per heavy atom. The van der Waals surface area contributed by atoms with Crippen LogP contribution in [0, 0.1) is 0 Å². The van der Waals surface area contributed by atoms with Crippen LogP contribution in [0.2, 0.25) is 0 Å². The Balaban J connectivity index is 1.27. The first-order chi connectivity index (χ1) is 38.3. The van der Waals surface area contributed by atoms with Gasteiger partial charge in [0.1, 0.15) is 0 Å². The maximum absolute atomic E-state index is 12.9. The molecule has 4 rings (SSSR count). The molecule has 20 nitrogen and oxygen atoms in total. The van der Waals surface area contributed by atoms with Gasteiger partial charge in [0.15, 0.2) is 0 Å². The molecule has 2 aromatic heterocycles. The lowest BCUT2D eigenvalue weighted by molar-refractivity contribution is 0.252. The zero-order valence-corrected chi connectivity index (χ0v) is 47.9. The second kappa shape index (κ2) is 37.9. The fourth-order valence-electron chi connectivity index (χ4n) is 9.88. The van der Waals surface area contributed by atoms with Gasteiger partial charge in [0.05, 0.1) is 11.4 Å².